The van der Waals surface area contributed by atoms with Crippen LogP contribution in [-0.2, 0) is 11.2 Å². The fourth-order valence-corrected chi connectivity index (χ4v) is 4.23. The van der Waals surface area contributed by atoms with E-state index in [0.29, 0.717) is 18.0 Å². The van der Waals surface area contributed by atoms with Gasteiger partial charge in [0.15, 0.2) is 0 Å². The summed E-state index contributed by atoms with van der Waals surface area (Å²) < 4.78 is 4.86. The van der Waals surface area contributed by atoms with Gasteiger partial charge < -0.3 is 20.4 Å². The van der Waals surface area contributed by atoms with Crippen molar-refractivity contribution >= 4 is 33.7 Å². The average Bonchev–Trinajstić information content (AvgIpc) is 3.44. The van der Waals surface area contributed by atoms with Gasteiger partial charge in [0.1, 0.15) is 17.3 Å². The number of hydrogen-bond acceptors (Lipinski definition) is 6. The second-order valence-corrected chi connectivity index (χ2v) is 7.93. The molecule has 1 fully saturated rings. The van der Waals surface area contributed by atoms with Crippen LogP contribution in [0, 0.1) is 0 Å². The number of H-pyrrole nitrogens is 1. The Hall–Kier alpha value is -3.45. The first kappa shape index (κ1) is 19.5. The molecule has 1 aliphatic rings. The molecule has 3 heterocycles. The van der Waals surface area contributed by atoms with Crippen molar-refractivity contribution in [3.8, 4) is 0 Å². The minimum atomic E-state index is -0.359. The highest BCUT2D eigenvalue weighted by Crippen LogP contribution is 2.31. The largest absolute Gasteiger partial charge is 0.465 e. The Labute approximate surface area is 180 Å². The first-order chi connectivity index (χ1) is 15.2. The number of carbonyl (C=O) groups is 1. The van der Waals surface area contributed by atoms with Gasteiger partial charge in [-0.1, -0.05) is 36.4 Å². The molecule has 0 amide bonds. The van der Waals surface area contributed by atoms with Crippen LogP contribution in [0.3, 0.4) is 0 Å². The van der Waals surface area contributed by atoms with Gasteiger partial charge >= 0.3 is 5.97 Å². The van der Waals surface area contributed by atoms with Crippen molar-refractivity contribution in [1.82, 2.24) is 20.3 Å². The number of hydrogen-bond donors (Lipinski definition) is 3. The van der Waals surface area contributed by atoms with E-state index >= 15 is 0 Å². The Kier molecular flexibility index (Phi) is 5.26. The minimum Gasteiger partial charge on any atom is -0.465 e. The summed E-state index contributed by atoms with van der Waals surface area (Å²) in [7, 11) is 1.39. The van der Waals surface area contributed by atoms with E-state index in [9.17, 15) is 4.79 Å². The molecular formula is C24H25N5O2. The lowest BCUT2D eigenvalue weighted by Crippen LogP contribution is -2.29. The van der Waals surface area contributed by atoms with Crippen LogP contribution in [0.4, 0.5) is 5.82 Å². The number of anilines is 1. The van der Waals surface area contributed by atoms with Crippen molar-refractivity contribution in [2.45, 2.75) is 25.3 Å². The van der Waals surface area contributed by atoms with Crippen LogP contribution in [0.1, 0.15) is 34.6 Å². The molecule has 4 aromatic rings. The number of nitrogens with one attached hydrogen (secondary N) is 3. The normalized spacial score (nSPS) is 16.1. The maximum absolute atomic E-state index is 12.0. The van der Waals surface area contributed by atoms with E-state index in [4.69, 9.17) is 14.7 Å². The lowest BCUT2D eigenvalue weighted by atomic mass is 10.1. The van der Waals surface area contributed by atoms with Gasteiger partial charge in [0.2, 0.25) is 0 Å². The first-order valence-electron chi connectivity index (χ1n) is 10.6. The molecule has 31 heavy (non-hydrogen) atoms. The Balaban J connectivity index is 1.58. The molecule has 0 aliphatic carbocycles. The summed E-state index contributed by atoms with van der Waals surface area (Å²) >= 11 is 0. The second-order valence-electron chi connectivity index (χ2n) is 7.93. The van der Waals surface area contributed by atoms with Gasteiger partial charge in [-0.2, -0.15) is 0 Å². The standard InChI is InChI=1S/C24H25N5O2/c1-31-24(30)16-9-10-18-19(13-16)27-23-21(18)22(26-14-17-8-5-11-25-17)28-20(29-23)12-15-6-3-2-4-7-15/h2-4,6-7,9-10,13,17,25H,5,8,11-12,14H2,1H3,(H2,26,27,28,29). The molecule has 0 bridgehead atoms. The molecule has 2 aromatic heterocycles. The maximum atomic E-state index is 12.0. The summed E-state index contributed by atoms with van der Waals surface area (Å²) in [5, 5.41) is 9.01. The first-order valence-corrected chi connectivity index (χ1v) is 10.6. The molecule has 0 spiro atoms. The van der Waals surface area contributed by atoms with E-state index in [1.54, 1.807) is 6.07 Å². The predicted molar refractivity (Wildman–Crippen MR) is 121 cm³/mol. The average molecular weight is 415 g/mol. The molecule has 1 saturated heterocycles. The van der Waals surface area contributed by atoms with Crippen LogP contribution in [0.15, 0.2) is 48.5 Å². The molecule has 158 valence electrons. The Morgan fingerprint density at radius 3 is 2.84 bits per heavy atom. The van der Waals surface area contributed by atoms with Crippen LogP contribution in [0.25, 0.3) is 21.9 Å². The third kappa shape index (κ3) is 3.96. The van der Waals surface area contributed by atoms with Gasteiger partial charge in [-0.15, -0.1) is 0 Å². The highest BCUT2D eigenvalue weighted by Gasteiger charge is 2.18. The SMILES string of the molecule is COC(=O)c1ccc2c(c1)[nH]c1nc(Cc3ccccc3)nc(NCC3CCCN3)c12. The molecule has 1 unspecified atom stereocenters. The number of fused-ring (bicyclic) bond motifs is 3. The van der Waals surface area contributed by atoms with Gasteiger partial charge in [-0.05, 0) is 37.1 Å². The van der Waals surface area contributed by atoms with Crippen molar-refractivity contribution in [2.75, 3.05) is 25.5 Å². The third-order valence-electron chi connectivity index (χ3n) is 5.80. The van der Waals surface area contributed by atoms with E-state index in [0.717, 1.165) is 58.7 Å². The summed E-state index contributed by atoms with van der Waals surface area (Å²) in [6.45, 7) is 1.87. The fourth-order valence-electron chi connectivity index (χ4n) is 4.23. The fraction of sp³-hybridized carbons (Fsp3) is 0.292. The van der Waals surface area contributed by atoms with E-state index in [-0.39, 0.29) is 5.97 Å². The molecule has 5 rings (SSSR count). The number of methoxy groups -OCH3 is 1. The van der Waals surface area contributed by atoms with Gasteiger partial charge in [0, 0.05) is 29.9 Å². The highest BCUT2D eigenvalue weighted by molar-refractivity contribution is 6.12. The van der Waals surface area contributed by atoms with Gasteiger partial charge in [-0.3, -0.25) is 0 Å². The molecule has 7 heteroatoms. The van der Waals surface area contributed by atoms with Crippen molar-refractivity contribution in [3.63, 3.8) is 0 Å². The Bertz CT molecular complexity index is 1230. The van der Waals surface area contributed by atoms with E-state index in [1.165, 1.54) is 13.5 Å². The Morgan fingerprint density at radius 1 is 1.19 bits per heavy atom. The Morgan fingerprint density at radius 2 is 2.06 bits per heavy atom. The number of esters is 1. The minimum absolute atomic E-state index is 0.359. The molecule has 2 aromatic carbocycles. The second kappa shape index (κ2) is 8.35. The van der Waals surface area contributed by atoms with Crippen LogP contribution < -0.4 is 10.6 Å². The van der Waals surface area contributed by atoms with Crippen LogP contribution in [-0.4, -0.2) is 47.2 Å². The van der Waals surface area contributed by atoms with Gasteiger partial charge in [-0.25, -0.2) is 14.8 Å². The quantitative estimate of drug-likeness (QED) is 0.416. The lowest BCUT2D eigenvalue weighted by Gasteiger charge is -2.14. The lowest BCUT2D eigenvalue weighted by molar-refractivity contribution is 0.0601. The van der Waals surface area contributed by atoms with E-state index in [2.05, 4.69) is 27.8 Å². The van der Waals surface area contributed by atoms with E-state index < -0.39 is 0 Å². The third-order valence-corrected chi connectivity index (χ3v) is 5.80. The van der Waals surface area contributed by atoms with Crippen molar-refractivity contribution < 1.29 is 9.53 Å². The molecule has 1 atom stereocenters. The molecule has 3 N–H and O–H groups in total. The number of ether oxygens (including phenoxy) is 1. The molecule has 0 radical (unpaired) electrons. The number of aromatic nitrogens is 3. The summed E-state index contributed by atoms with van der Waals surface area (Å²) in [4.78, 5) is 25.0. The number of benzene rings is 2. The van der Waals surface area contributed by atoms with Crippen LogP contribution in [0.5, 0.6) is 0 Å². The number of aromatic amines is 1. The zero-order valence-corrected chi connectivity index (χ0v) is 17.4. The maximum Gasteiger partial charge on any atom is 0.337 e. The van der Waals surface area contributed by atoms with Gasteiger partial charge in [0.05, 0.1) is 18.1 Å². The number of rotatable bonds is 6. The number of nitrogens with zero attached hydrogens (tertiary/aromatic N) is 2. The van der Waals surface area contributed by atoms with Crippen molar-refractivity contribution in [2.24, 2.45) is 0 Å². The molecule has 1 aliphatic heterocycles. The molecular weight excluding hydrogens is 390 g/mol. The molecule has 0 saturated carbocycles. The summed E-state index contributed by atoms with van der Waals surface area (Å²) in [5.74, 6) is 1.21. The zero-order chi connectivity index (χ0) is 21.2. The van der Waals surface area contributed by atoms with E-state index in [1.807, 2.05) is 30.3 Å². The van der Waals surface area contributed by atoms with Crippen LogP contribution >= 0.6 is 0 Å². The smallest absolute Gasteiger partial charge is 0.337 e. The van der Waals surface area contributed by atoms with Crippen LogP contribution in [0.2, 0.25) is 0 Å². The topological polar surface area (TPSA) is 91.9 Å². The van der Waals surface area contributed by atoms with Crippen molar-refractivity contribution in [3.05, 3.63) is 65.5 Å². The summed E-state index contributed by atoms with van der Waals surface area (Å²) in [6, 6.07) is 16.2. The predicted octanol–water partition coefficient (Wildman–Crippen LogP) is 3.65. The summed E-state index contributed by atoms with van der Waals surface area (Å²) in [6.07, 6.45) is 3.01. The number of carbonyl (C=O) groups excluding carboxylic acids is 1. The zero-order valence-electron chi connectivity index (χ0n) is 17.4. The van der Waals surface area contributed by atoms with Gasteiger partial charge in [0.25, 0.3) is 0 Å². The van der Waals surface area contributed by atoms with Crippen molar-refractivity contribution in [1.29, 1.82) is 0 Å². The highest BCUT2D eigenvalue weighted by atomic mass is 16.5. The monoisotopic (exact) mass is 415 g/mol. The summed E-state index contributed by atoms with van der Waals surface area (Å²) in [5.41, 5.74) is 3.27. The molecule has 7 nitrogen and oxygen atoms in total.